The van der Waals surface area contributed by atoms with Crippen LogP contribution >= 0.6 is 0 Å². The maximum Gasteiger partial charge on any atom is 0.240 e. The van der Waals surface area contributed by atoms with Crippen LogP contribution in [0.25, 0.3) is 5.65 Å². The number of imide groups is 1. The Bertz CT molecular complexity index is 1340. The highest BCUT2D eigenvalue weighted by Crippen LogP contribution is 2.47. The van der Waals surface area contributed by atoms with Gasteiger partial charge < -0.3 is 15.8 Å². The molecule has 3 amide bonds. The van der Waals surface area contributed by atoms with Crippen LogP contribution in [0.5, 0.6) is 0 Å². The molecule has 214 valence electrons. The Morgan fingerprint density at radius 2 is 1.73 bits per heavy atom. The van der Waals surface area contributed by atoms with Crippen LogP contribution in [0.1, 0.15) is 82.9 Å². The van der Waals surface area contributed by atoms with Gasteiger partial charge in [0, 0.05) is 18.5 Å². The van der Waals surface area contributed by atoms with Gasteiger partial charge in [0.15, 0.2) is 11.5 Å². The van der Waals surface area contributed by atoms with Crippen molar-refractivity contribution < 1.29 is 19.1 Å². The number of fused-ring (bicyclic) bond motifs is 1. The van der Waals surface area contributed by atoms with Gasteiger partial charge >= 0.3 is 0 Å². The molecule has 1 saturated carbocycles. The number of amides is 3. The molecule has 10 nitrogen and oxygen atoms in total. The van der Waals surface area contributed by atoms with Crippen molar-refractivity contribution in [3.05, 3.63) is 65.6 Å². The summed E-state index contributed by atoms with van der Waals surface area (Å²) in [5.41, 5.74) is 6.99. The van der Waals surface area contributed by atoms with Crippen LogP contribution < -0.4 is 11.1 Å². The van der Waals surface area contributed by atoms with Crippen LogP contribution in [0.2, 0.25) is 0 Å². The van der Waals surface area contributed by atoms with Crippen molar-refractivity contribution in [1.29, 1.82) is 0 Å². The molecule has 3 N–H and O–H groups in total. The first kappa shape index (κ1) is 29.4. The molecule has 0 radical (unpaired) electrons. The molecule has 3 aromatic rings. The first-order chi connectivity index (χ1) is 18.7. The molecule has 0 bridgehead atoms. The van der Waals surface area contributed by atoms with E-state index in [0.29, 0.717) is 36.6 Å². The predicted octanol–water partition coefficient (Wildman–Crippen LogP) is 3.69. The Morgan fingerprint density at radius 3 is 2.38 bits per heavy atom. The van der Waals surface area contributed by atoms with Crippen molar-refractivity contribution in [2.75, 3.05) is 6.61 Å². The van der Waals surface area contributed by atoms with Gasteiger partial charge in [-0.15, -0.1) is 10.2 Å². The van der Waals surface area contributed by atoms with Crippen molar-refractivity contribution in [3.8, 4) is 0 Å². The molecule has 1 spiro atoms. The zero-order chi connectivity index (χ0) is 27.6. The van der Waals surface area contributed by atoms with Crippen LogP contribution in [0.4, 0.5) is 0 Å². The number of likely N-dealkylation sites (tertiary alicyclic amines) is 1. The van der Waals surface area contributed by atoms with Gasteiger partial charge in [0.25, 0.3) is 0 Å². The highest BCUT2D eigenvalue weighted by atomic mass is 16.5. The van der Waals surface area contributed by atoms with E-state index in [1.807, 2.05) is 42.5 Å². The largest absolute Gasteiger partial charge is 0.374 e. The summed E-state index contributed by atoms with van der Waals surface area (Å²) in [5.74, 6) is -0.204. The zero-order valence-electron chi connectivity index (χ0n) is 22.6. The Balaban J connectivity index is 0.00000370. The topological polar surface area (TPSA) is 132 Å². The number of nitrogens with zero attached hydrogens (tertiary/aromatic N) is 4. The van der Waals surface area contributed by atoms with E-state index in [2.05, 4.69) is 15.5 Å². The van der Waals surface area contributed by atoms with Gasteiger partial charge in [-0.2, -0.15) is 0 Å². The van der Waals surface area contributed by atoms with Crippen LogP contribution in [0.3, 0.4) is 0 Å². The zero-order valence-corrected chi connectivity index (χ0v) is 22.6. The fourth-order valence-electron chi connectivity index (χ4n) is 5.62. The van der Waals surface area contributed by atoms with Crippen LogP contribution in [0, 0.1) is 5.41 Å². The molecule has 3 heterocycles. The lowest BCUT2D eigenvalue weighted by molar-refractivity contribution is -0.154. The van der Waals surface area contributed by atoms with Gasteiger partial charge in [-0.1, -0.05) is 56.7 Å². The first-order valence-electron chi connectivity index (χ1n) is 13.5. The number of carbonyl (C=O) groups is 3. The summed E-state index contributed by atoms with van der Waals surface area (Å²) in [5, 5.41) is 11.7. The average Bonchev–Trinajstić information content (AvgIpc) is 3.53. The molecule has 10 heteroatoms. The first-order valence-corrected chi connectivity index (χ1v) is 13.5. The molecule has 1 saturated heterocycles. The summed E-state index contributed by atoms with van der Waals surface area (Å²) >= 11 is 0. The van der Waals surface area contributed by atoms with Crippen LogP contribution in [-0.4, -0.2) is 49.4 Å². The molecule has 1 atom stereocenters. The number of nitrogens with two attached hydrogens (primary N) is 1. The maximum atomic E-state index is 13.2. The number of ether oxygens (including phenoxy) is 1. The molecule has 2 aliphatic rings. The standard InChI is InChI=1S/C29H36N6O4.CH4/c1-28(2,30)27(38)31-22(19-39-18-20-9-4-3-5-10-20)26-33-32-23-12-8-11-21(35(23)26)17-34-24(36)15-29(16-25(34)37)13-6-7-14-29;/h3-5,8-12,22H,6-7,13-19,30H2,1-2H3,(H,31,38);1H4/t22-;/m1./s1. The highest BCUT2D eigenvalue weighted by molar-refractivity contribution is 5.98. The fraction of sp³-hybridized carbons (Fsp3) is 0.500. The number of hydrogen-bond donors (Lipinski definition) is 2. The quantitative estimate of drug-likeness (QED) is 0.390. The lowest BCUT2D eigenvalue weighted by Gasteiger charge is -2.37. The van der Waals surface area contributed by atoms with Gasteiger partial charge in [-0.25, -0.2) is 0 Å². The monoisotopic (exact) mass is 548 g/mol. The van der Waals surface area contributed by atoms with E-state index in [-0.39, 0.29) is 43.7 Å². The number of aromatic nitrogens is 3. The second-order valence-corrected chi connectivity index (χ2v) is 11.5. The molecule has 1 aromatic carbocycles. The van der Waals surface area contributed by atoms with E-state index < -0.39 is 11.6 Å². The summed E-state index contributed by atoms with van der Waals surface area (Å²) in [6.07, 6.45) is 4.82. The highest BCUT2D eigenvalue weighted by Gasteiger charge is 2.45. The Kier molecular flexibility index (Phi) is 8.70. The van der Waals surface area contributed by atoms with Crippen molar-refractivity contribution in [2.45, 2.75) is 84.5 Å². The summed E-state index contributed by atoms with van der Waals surface area (Å²) in [6.45, 7) is 3.83. The molecular formula is C30H40N6O4. The summed E-state index contributed by atoms with van der Waals surface area (Å²) in [7, 11) is 0. The molecule has 1 aliphatic carbocycles. The van der Waals surface area contributed by atoms with Gasteiger partial charge in [0.1, 0.15) is 6.04 Å². The normalized spacial score (nSPS) is 17.7. The minimum absolute atomic E-state index is 0. The number of hydrogen-bond acceptors (Lipinski definition) is 7. The van der Waals surface area contributed by atoms with Crippen molar-refractivity contribution in [2.24, 2.45) is 11.1 Å². The smallest absolute Gasteiger partial charge is 0.240 e. The van der Waals surface area contributed by atoms with Crippen molar-refractivity contribution in [3.63, 3.8) is 0 Å². The van der Waals surface area contributed by atoms with Crippen LogP contribution in [0.15, 0.2) is 48.5 Å². The summed E-state index contributed by atoms with van der Waals surface area (Å²) < 4.78 is 7.78. The van der Waals surface area contributed by atoms with Crippen molar-refractivity contribution >= 4 is 23.4 Å². The number of benzene rings is 1. The Hall–Kier alpha value is -3.63. The van der Waals surface area contributed by atoms with E-state index in [9.17, 15) is 14.4 Å². The van der Waals surface area contributed by atoms with Crippen molar-refractivity contribution in [1.82, 2.24) is 24.8 Å². The Morgan fingerprint density at radius 1 is 1.05 bits per heavy atom. The van der Waals surface area contributed by atoms with Crippen LogP contribution in [-0.2, 0) is 32.3 Å². The van der Waals surface area contributed by atoms with Gasteiger partial charge in [0.05, 0.1) is 25.3 Å². The minimum Gasteiger partial charge on any atom is -0.374 e. The molecule has 2 fully saturated rings. The second kappa shape index (κ2) is 11.9. The maximum absolute atomic E-state index is 13.2. The SMILES string of the molecule is C.CC(C)(N)C(=O)N[C@H](COCc1ccccc1)c1nnc2cccc(CN3C(=O)CC4(CCCC4)CC3=O)n12. The predicted molar refractivity (Wildman–Crippen MR) is 151 cm³/mol. The molecule has 1 aliphatic heterocycles. The number of pyridine rings is 1. The third-order valence-corrected chi connectivity index (χ3v) is 7.77. The molecule has 0 unspecified atom stereocenters. The second-order valence-electron chi connectivity index (χ2n) is 11.5. The van der Waals surface area contributed by atoms with Gasteiger partial charge in [0.2, 0.25) is 17.7 Å². The van der Waals surface area contributed by atoms with E-state index in [0.717, 1.165) is 31.2 Å². The average molecular weight is 549 g/mol. The molecular weight excluding hydrogens is 508 g/mol. The fourth-order valence-corrected chi connectivity index (χ4v) is 5.62. The van der Waals surface area contributed by atoms with E-state index >= 15 is 0 Å². The number of piperidine rings is 1. The van der Waals surface area contributed by atoms with Gasteiger partial charge in [-0.05, 0) is 49.8 Å². The molecule has 5 rings (SSSR count). The molecule has 2 aromatic heterocycles. The number of nitrogens with one attached hydrogen (secondary N) is 1. The number of carbonyl (C=O) groups excluding carboxylic acids is 3. The van der Waals surface area contributed by atoms with E-state index in [1.54, 1.807) is 24.3 Å². The summed E-state index contributed by atoms with van der Waals surface area (Å²) in [6, 6.07) is 14.5. The third-order valence-electron chi connectivity index (χ3n) is 7.77. The van der Waals surface area contributed by atoms with Gasteiger partial charge in [-0.3, -0.25) is 23.7 Å². The minimum atomic E-state index is -1.12. The molecule has 40 heavy (non-hydrogen) atoms. The third kappa shape index (κ3) is 6.23. The lowest BCUT2D eigenvalue weighted by atomic mass is 9.76. The lowest BCUT2D eigenvalue weighted by Crippen LogP contribution is -2.51. The summed E-state index contributed by atoms with van der Waals surface area (Å²) in [4.78, 5) is 40.6. The Labute approximate surface area is 235 Å². The van der Waals surface area contributed by atoms with E-state index in [1.165, 1.54) is 4.90 Å². The number of rotatable bonds is 9. The van der Waals surface area contributed by atoms with E-state index in [4.69, 9.17) is 10.5 Å².